The molecule has 0 aromatic heterocycles. The van der Waals surface area contributed by atoms with E-state index in [1.807, 2.05) is 30.5 Å². The van der Waals surface area contributed by atoms with Crippen LogP contribution < -0.4 is 5.32 Å². The monoisotopic (exact) mass is 368 g/mol. The van der Waals surface area contributed by atoms with Crippen molar-refractivity contribution in [2.45, 2.75) is 13.3 Å². The number of amides is 1. The number of nitrogens with one attached hydrogen (secondary N) is 1. The van der Waals surface area contributed by atoms with Crippen LogP contribution in [-0.4, -0.2) is 35.9 Å². The van der Waals surface area contributed by atoms with Crippen LogP contribution in [0.15, 0.2) is 39.3 Å². The van der Waals surface area contributed by atoms with Crippen molar-refractivity contribution in [1.29, 1.82) is 0 Å². The smallest absolute Gasteiger partial charge is 0.219 e. The van der Waals surface area contributed by atoms with Crippen LogP contribution in [0.5, 0.6) is 0 Å². The highest BCUT2D eigenvalue weighted by Crippen LogP contribution is 2.26. The van der Waals surface area contributed by atoms with Gasteiger partial charge in [0.1, 0.15) is 0 Å². The molecule has 1 aromatic rings. The summed E-state index contributed by atoms with van der Waals surface area (Å²) in [6.07, 6.45) is 2.31. The zero-order valence-corrected chi connectivity index (χ0v) is 14.4. The van der Waals surface area contributed by atoms with Gasteiger partial charge in [0, 0.05) is 35.6 Å². The van der Waals surface area contributed by atoms with Crippen molar-refractivity contribution in [2.24, 2.45) is 0 Å². The van der Waals surface area contributed by atoms with Crippen LogP contribution in [0.3, 0.4) is 0 Å². The Balaban J connectivity index is 2.27. The Morgan fingerprint density at radius 3 is 2.81 bits per heavy atom. The Kier molecular flexibility index (Phi) is 5.47. The lowest BCUT2D eigenvalue weighted by Crippen LogP contribution is -2.39. The number of nitrogens with zero attached hydrogens (tertiary/aromatic N) is 1. The highest BCUT2D eigenvalue weighted by Gasteiger charge is 2.25. The van der Waals surface area contributed by atoms with Gasteiger partial charge in [-0.2, -0.15) is 0 Å². The van der Waals surface area contributed by atoms with Crippen LogP contribution in [0.4, 0.5) is 5.69 Å². The molecule has 1 aromatic carbocycles. The summed E-state index contributed by atoms with van der Waals surface area (Å²) in [5.41, 5.74) is 1.60. The molecule has 0 radical (unpaired) electrons. The zero-order chi connectivity index (χ0) is 15.4. The maximum Gasteiger partial charge on any atom is 0.219 e. The molecule has 0 saturated carbocycles. The normalized spacial score (nSPS) is 17.7. The van der Waals surface area contributed by atoms with Gasteiger partial charge in [-0.25, -0.2) is 0 Å². The number of hydrogen-bond acceptors (Lipinski definition) is 4. The minimum atomic E-state index is 0.00269. The summed E-state index contributed by atoms with van der Waals surface area (Å²) in [5.74, 6) is 0.113. The van der Waals surface area contributed by atoms with E-state index in [2.05, 4.69) is 21.2 Å². The standard InChI is InChI=1S/C15H17BrN2O2S/c1-10(19)18-7-6-14(20)13(9-18)15(21-2)17-12-5-3-4-11(16)8-12/h3-5,8,17H,6-7,9H2,1-2H3/b15-13-. The van der Waals surface area contributed by atoms with Crippen LogP contribution in [0.25, 0.3) is 0 Å². The molecular formula is C15H17BrN2O2S. The second-order valence-corrected chi connectivity index (χ2v) is 6.49. The topological polar surface area (TPSA) is 49.4 Å². The fourth-order valence-electron chi connectivity index (χ4n) is 2.16. The van der Waals surface area contributed by atoms with Crippen LogP contribution >= 0.6 is 27.7 Å². The maximum atomic E-state index is 12.2. The third-order valence-corrected chi connectivity index (χ3v) is 4.55. The van der Waals surface area contributed by atoms with Gasteiger partial charge in [-0.3, -0.25) is 9.59 Å². The van der Waals surface area contributed by atoms with E-state index >= 15 is 0 Å². The lowest BCUT2D eigenvalue weighted by molar-refractivity contribution is -0.130. The van der Waals surface area contributed by atoms with Gasteiger partial charge in [0.2, 0.25) is 5.91 Å². The minimum Gasteiger partial charge on any atom is -0.350 e. The molecule has 1 saturated heterocycles. The molecule has 1 amide bonds. The van der Waals surface area contributed by atoms with Gasteiger partial charge in [-0.05, 0) is 24.5 Å². The predicted octanol–water partition coefficient (Wildman–Crippen LogP) is 3.26. The summed E-state index contributed by atoms with van der Waals surface area (Å²) in [4.78, 5) is 25.4. The molecule has 2 rings (SSSR count). The number of piperidine rings is 1. The Morgan fingerprint density at radius 2 is 2.19 bits per heavy atom. The summed E-state index contributed by atoms with van der Waals surface area (Å²) in [7, 11) is 0. The molecule has 0 atom stereocenters. The Bertz CT molecular complexity index is 601. The average molecular weight is 369 g/mol. The van der Waals surface area contributed by atoms with Crippen molar-refractivity contribution < 1.29 is 9.59 Å². The van der Waals surface area contributed by atoms with Crippen molar-refractivity contribution in [3.05, 3.63) is 39.3 Å². The molecule has 1 N–H and O–H groups in total. The molecule has 112 valence electrons. The number of hydrogen-bond donors (Lipinski definition) is 1. The molecule has 0 bridgehead atoms. The van der Waals surface area contributed by atoms with Crippen LogP contribution in [0.1, 0.15) is 13.3 Å². The van der Waals surface area contributed by atoms with Gasteiger partial charge in [0.05, 0.1) is 11.6 Å². The number of Topliss-reactive ketones (excluding diaryl/α,β-unsaturated/α-hetero) is 1. The van der Waals surface area contributed by atoms with Gasteiger partial charge < -0.3 is 10.2 Å². The molecule has 0 unspecified atom stereocenters. The van der Waals surface area contributed by atoms with E-state index in [4.69, 9.17) is 0 Å². The van der Waals surface area contributed by atoms with E-state index in [-0.39, 0.29) is 11.7 Å². The molecular weight excluding hydrogens is 352 g/mol. The third-order valence-electron chi connectivity index (χ3n) is 3.30. The Hall–Kier alpha value is -1.27. The second kappa shape index (κ2) is 7.13. The highest BCUT2D eigenvalue weighted by atomic mass is 79.9. The number of anilines is 1. The Morgan fingerprint density at radius 1 is 1.43 bits per heavy atom. The molecule has 1 aliphatic rings. The number of benzene rings is 1. The van der Waals surface area contributed by atoms with E-state index in [9.17, 15) is 9.59 Å². The largest absolute Gasteiger partial charge is 0.350 e. The van der Waals surface area contributed by atoms with E-state index in [1.54, 1.807) is 4.90 Å². The molecule has 21 heavy (non-hydrogen) atoms. The lowest BCUT2D eigenvalue weighted by atomic mass is 10.0. The SMILES string of the molecule is CS/C(Nc1cccc(Br)c1)=C1/CN(C(C)=O)CCC1=O. The van der Waals surface area contributed by atoms with E-state index in [0.717, 1.165) is 15.2 Å². The maximum absolute atomic E-state index is 12.2. The molecule has 1 fully saturated rings. The summed E-state index contributed by atoms with van der Waals surface area (Å²) in [6.45, 7) is 2.43. The Labute approximate surface area is 137 Å². The summed E-state index contributed by atoms with van der Waals surface area (Å²) >= 11 is 4.92. The highest BCUT2D eigenvalue weighted by molar-refractivity contribution is 9.10. The molecule has 6 heteroatoms. The van der Waals surface area contributed by atoms with Gasteiger partial charge >= 0.3 is 0 Å². The summed E-state index contributed by atoms with van der Waals surface area (Å²) < 4.78 is 0.971. The number of rotatable bonds is 3. The lowest BCUT2D eigenvalue weighted by Gasteiger charge is -2.28. The molecule has 1 aliphatic heterocycles. The first-order chi connectivity index (χ1) is 10.0. The number of carbonyl (C=O) groups excluding carboxylic acids is 2. The van der Waals surface area contributed by atoms with E-state index < -0.39 is 0 Å². The summed E-state index contributed by atoms with van der Waals surface area (Å²) in [6, 6.07) is 7.77. The second-order valence-electron chi connectivity index (χ2n) is 4.76. The molecule has 0 spiro atoms. The van der Waals surface area contributed by atoms with Gasteiger partial charge in [-0.15, -0.1) is 11.8 Å². The van der Waals surface area contributed by atoms with Crippen molar-refractivity contribution in [3.63, 3.8) is 0 Å². The summed E-state index contributed by atoms with van der Waals surface area (Å²) in [5, 5.41) is 4.09. The number of carbonyl (C=O) groups is 2. The molecule has 4 nitrogen and oxygen atoms in total. The zero-order valence-electron chi connectivity index (χ0n) is 12.0. The first-order valence-electron chi connectivity index (χ1n) is 6.59. The quantitative estimate of drug-likeness (QED) is 0.831. The first kappa shape index (κ1) is 16.1. The van der Waals surface area contributed by atoms with Crippen molar-refractivity contribution >= 4 is 45.1 Å². The van der Waals surface area contributed by atoms with Crippen LogP contribution in [-0.2, 0) is 9.59 Å². The van der Waals surface area contributed by atoms with E-state index in [1.165, 1.54) is 18.7 Å². The van der Waals surface area contributed by atoms with Gasteiger partial charge in [-0.1, -0.05) is 22.0 Å². The van der Waals surface area contributed by atoms with Crippen molar-refractivity contribution in [3.8, 4) is 0 Å². The number of halogens is 1. The number of thioether (sulfide) groups is 1. The van der Waals surface area contributed by atoms with Gasteiger partial charge in [0.25, 0.3) is 0 Å². The molecule has 1 heterocycles. The first-order valence-corrected chi connectivity index (χ1v) is 8.61. The van der Waals surface area contributed by atoms with E-state index in [0.29, 0.717) is 25.1 Å². The number of likely N-dealkylation sites (tertiary alicyclic amines) is 1. The molecule has 0 aliphatic carbocycles. The van der Waals surface area contributed by atoms with Crippen molar-refractivity contribution in [2.75, 3.05) is 24.7 Å². The number of ketones is 1. The fraction of sp³-hybridized carbons (Fsp3) is 0.333. The van der Waals surface area contributed by atoms with Crippen LogP contribution in [0, 0.1) is 0 Å². The van der Waals surface area contributed by atoms with Gasteiger partial charge in [0.15, 0.2) is 5.78 Å². The predicted molar refractivity (Wildman–Crippen MR) is 90.2 cm³/mol. The minimum absolute atomic E-state index is 0.00269. The average Bonchev–Trinajstić information content (AvgIpc) is 2.45. The fourth-order valence-corrected chi connectivity index (χ4v) is 3.20. The third kappa shape index (κ3) is 4.11. The van der Waals surface area contributed by atoms with Crippen molar-refractivity contribution in [1.82, 2.24) is 4.90 Å². The van der Waals surface area contributed by atoms with Crippen LogP contribution in [0.2, 0.25) is 0 Å².